The number of nitrogens with one attached hydrogen (secondary N) is 2. The average Bonchev–Trinajstić information content (AvgIpc) is 3.12. The van der Waals surface area contributed by atoms with Crippen LogP contribution in [0.5, 0.6) is 0 Å². The summed E-state index contributed by atoms with van der Waals surface area (Å²) in [4.78, 5) is 7.66. The topological polar surface area (TPSA) is 73.8 Å². The molecule has 1 aromatic carbocycles. The Kier molecular flexibility index (Phi) is 10.9. The van der Waals surface area contributed by atoms with Crippen LogP contribution in [-0.4, -0.2) is 57.8 Å². The van der Waals surface area contributed by atoms with Gasteiger partial charge in [0.15, 0.2) is 15.8 Å². The molecule has 6 nitrogen and oxygen atoms in total. The van der Waals surface area contributed by atoms with Gasteiger partial charge in [0.25, 0.3) is 0 Å². The molecule has 166 valence electrons. The van der Waals surface area contributed by atoms with Gasteiger partial charge in [-0.2, -0.15) is 0 Å². The highest BCUT2D eigenvalue weighted by atomic mass is 127. The Morgan fingerprint density at radius 1 is 1.21 bits per heavy atom. The van der Waals surface area contributed by atoms with E-state index >= 15 is 0 Å². The second kappa shape index (κ2) is 12.1. The zero-order valence-electron chi connectivity index (χ0n) is 18.4. The summed E-state index contributed by atoms with van der Waals surface area (Å²) in [5.74, 6) is 1.39. The molecule has 0 saturated carbocycles. The van der Waals surface area contributed by atoms with Gasteiger partial charge in [0.1, 0.15) is 0 Å². The van der Waals surface area contributed by atoms with E-state index in [0.29, 0.717) is 23.4 Å². The molecule has 2 rings (SSSR count). The molecule has 0 bridgehead atoms. The van der Waals surface area contributed by atoms with Crippen LogP contribution in [-0.2, 0) is 16.4 Å². The summed E-state index contributed by atoms with van der Waals surface area (Å²) in [5.41, 5.74) is 1.77. The molecule has 0 radical (unpaired) electrons. The lowest BCUT2D eigenvalue weighted by Gasteiger charge is -2.31. The second-order valence-corrected chi connectivity index (χ2v) is 9.99. The van der Waals surface area contributed by atoms with Gasteiger partial charge in [-0.15, -0.1) is 24.0 Å². The molecular formula is C21H37IN4O2S. The maximum Gasteiger partial charge on any atom is 0.191 e. The maximum absolute atomic E-state index is 11.8. The fourth-order valence-electron chi connectivity index (χ4n) is 3.80. The summed E-state index contributed by atoms with van der Waals surface area (Å²) in [6.45, 7) is 13.0. The molecule has 1 fully saturated rings. The van der Waals surface area contributed by atoms with E-state index in [1.807, 2.05) is 19.1 Å². The van der Waals surface area contributed by atoms with Gasteiger partial charge in [0.05, 0.1) is 11.4 Å². The van der Waals surface area contributed by atoms with E-state index in [4.69, 9.17) is 4.99 Å². The van der Waals surface area contributed by atoms with Crippen LogP contribution in [0.1, 0.15) is 44.7 Å². The van der Waals surface area contributed by atoms with Crippen molar-refractivity contribution in [2.24, 2.45) is 10.9 Å². The number of likely N-dealkylation sites (tertiary alicyclic amines) is 1. The Hall–Kier alpha value is -0.870. The van der Waals surface area contributed by atoms with Gasteiger partial charge >= 0.3 is 0 Å². The average molecular weight is 537 g/mol. The number of halogens is 1. The molecular weight excluding hydrogens is 499 g/mol. The molecule has 0 aromatic heterocycles. The van der Waals surface area contributed by atoms with Crippen molar-refractivity contribution in [2.75, 3.05) is 32.4 Å². The summed E-state index contributed by atoms with van der Waals surface area (Å²) in [6, 6.07) is 5.93. The number of aryl methyl sites for hydroxylation is 1. The molecule has 1 unspecified atom stereocenters. The zero-order chi connectivity index (χ0) is 20.7. The first-order chi connectivity index (χ1) is 13.2. The van der Waals surface area contributed by atoms with Crippen molar-refractivity contribution in [3.05, 3.63) is 29.3 Å². The van der Waals surface area contributed by atoms with Gasteiger partial charge in [-0.05, 0) is 62.9 Å². The smallest absolute Gasteiger partial charge is 0.191 e. The third-order valence-electron chi connectivity index (χ3n) is 5.26. The second-order valence-electron chi connectivity index (χ2n) is 8.00. The highest BCUT2D eigenvalue weighted by Crippen LogP contribution is 2.18. The summed E-state index contributed by atoms with van der Waals surface area (Å²) in [7, 11) is -3.19. The van der Waals surface area contributed by atoms with E-state index in [9.17, 15) is 8.42 Å². The summed E-state index contributed by atoms with van der Waals surface area (Å²) < 4.78 is 23.6. The number of aliphatic imine (C=N–C) groups is 1. The number of sulfone groups is 1. The van der Waals surface area contributed by atoms with Crippen molar-refractivity contribution in [1.29, 1.82) is 0 Å². The molecule has 0 amide bonds. The molecule has 1 heterocycles. The van der Waals surface area contributed by atoms with E-state index in [0.717, 1.165) is 30.2 Å². The van der Waals surface area contributed by atoms with E-state index in [-0.39, 0.29) is 24.0 Å². The number of hydrogen-bond acceptors (Lipinski definition) is 4. The number of hydrogen-bond donors (Lipinski definition) is 2. The molecule has 0 aliphatic carbocycles. The van der Waals surface area contributed by atoms with Crippen molar-refractivity contribution in [2.45, 2.75) is 58.0 Å². The predicted octanol–water partition coefficient (Wildman–Crippen LogP) is 3.19. The summed E-state index contributed by atoms with van der Waals surface area (Å²) in [5, 5.41) is 6.81. The van der Waals surface area contributed by atoms with Crippen molar-refractivity contribution < 1.29 is 8.42 Å². The van der Waals surface area contributed by atoms with Crippen LogP contribution in [0.25, 0.3) is 0 Å². The third-order valence-corrected chi connectivity index (χ3v) is 6.52. The van der Waals surface area contributed by atoms with Crippen molar-refractivity contribution in [3.8, 4) is 0 Å². The number of nitrogens with zero attached hydrogens (tertiary/aromatic N) is 2. The van der Waals surface area contributed by atoms with Gasteiger partial charge < -0.3 is 10.6 Å². The van der Waals surface area contributed by atoms with Gasteiger partial charge in [-0.1, -0.05) is 26.0 Å². The van der Waals surface area contributed by atoms with E-state index in [2.05, 4.69) is 36.3 Å². The predicted molar refractivity (Wildman–Crippen MR) is 132 cm³/mol. The van der Waals surface area contributed by atoms with Gasteiger partial charge in [-0.3, -0.25) is 4.90 Å². The molecule has 29 heavy (non-hydrogen) atoms. The van der Waals surface area contributed by atoms with Crippen LogP contribution in [0.4, 0.5) is 0 Å². The van der Waals surface area contributed by atoms with Crippen LogP contribution < -0.4 is 10.6 Å². The zero-order valence-corrected chi connectivity index (χ0v) is 21.5. The largest absolute Gasteiger partial charge is 0.357 e. The molecule has 1 saturated heterocycles. The first-order valence-electron chi connectivity index (χ1n) is 10.3. The van der Waals surface area contributed by atoms with E-state index in [1.54, 1.807) is 6.07 Å². The van der Waals surface area contributed by atoms with Crippen LogP contribution in [0.3, 0.4) is 0 Å². The minimum Gasteiger partial charge on any atom is -0.357 e. The van der Waals surface area contributed by atoms with Crippen LogP contribution >= 0.6 is 24.0 Å². The molecule has 1 atom stereocenters. The van der Waals surface area contributed by atoms with Crippen LogP contribution in [0.15, 0.2) is 28.1 Å². The molecule has 2 N–H and O–H groups in total. The van der Waals surface area contributed by atoms with Crippen molar-refractivity contribution >= 4 is 39.8 Å². The molecule has 1 aliphatic rings. The first kappa shape index (κ1) is 26.2. The monoisotopic (exact) mass is 536 g/mol. The number of rotatable bonds is 8. The van der Waals surface area contributed by atoms with Crippen molar-refractivity contribution in [1.82, 2.24) is 15.5 Å². The standard InChI is InChI=1S/C21H36N4O2S.HI/c1-6-22-21(24-15-19(16(2)3)25-11-7-8-12-25)23-14-18-9-10-20(17(4)13-18)28(5,26)27;/h9-10,13,16,19H,6-8,11-12,14-15H2,1-5H3,(H2,22,23,24);1H. The van der Waals surface area contributed by atoms with Crippen LogP contribution in [0, 0.1) is 12.8 Å². The summed E-state index contributed by atoms with van der Waals surface area (Å²) in [6.07, 6.45) is 3.83. The van der Waals surface area contributed by atoms with E-state index < -0.39 is 9.84 Å². The minimum atomic E-state index is -3.19. The van der Waals surface area contributed by atoms with Crippen molar-refractivity contribution in [3.63, 3.8) is 0 Å². The fourth-order valence-corrected chi connectivity index (χ4v) is 4.76. The highest BCUT2D eigenvalue weighted by Gasteiger charge is 2.24. The minimum absolute atomic E-state index is 0. The highest BCUT2D eigenvalue weighted by molar-refractivity contribution is 14.0. The third kappa shape index (κ3) is 8.05. The molecule has 8 heteroatoms. The lowest BCUT2D eigenvalue weighted by Crippen LogP contribution is -2.48. The number of benzene rings is 1. The van der Waals surface area contributed by atoms with Gasteiger partial charge in [-0.25, -0.2) is 13.4 Å². The molecule has 0 spiro atoms. The Morgan fingerprint density at radius 3 is 2.38 bits per heavy atom. The quantitative estimate of drug-likeness (QED) is 0.304. The Balaban J connectivity index is 0.00000420. The van der Waals surface area contributed by atoms with Gasteiger partial charge in [0.2, 0.25) is 0 Å². The van der Waals surface area contributed by atoms with E-state index in [1.165, 1.54) is 32.2 Å². The first-order valence-corrected chi connectivity index (χ1v) is 12.2. The number of guanidine groups is 1. The SMILES string of the molecule is CCNC(=NCc1ccc(S(C)(=O)=O)c(C)c1)NCC(C(C)C)N1CCCC1.I. The normalized spacial score (nSPS) is 16.6. The molecule has 1 aromatic rings. The van der Waals surface area contributed by atoms with Crippen LogP contribution in [0.2, 0.25) is 0 Å². The van der Waals surface area contributed by atoms with Gasteiger partial charge in [0, 0.05) is 25.4 Å². The lowest BCUT2D eigenvalue weighted by molar-refractivity contribution is 0.192. The molecule has 1 aliphatic heterocycles. The summed E-state index contributed by atoms with van der Waals surface area (Å²) >= 11 is 0. The Bertz CT molecular complexity index is 775. The fraction of sp³-hybridized carbons (Fsp3) is 0.667. The lowest BCUT2D eigenvalue weighted by atomic mass is 10.0. The Morgan fingerprint density at radius 2 is 1.86 bits per heavy atom. The Labute approximate surface area is 193 Å². The maximum atomic E-state index is 11.8.